The molecule has 0 saturated heterocycles. The van der Waals surface area contributed by atoms with Gasteiger partial charge in [0.25, 0.3) is 0 Å². The molecule has 2 atom stereocenters. The molecule has 0 spiro atoms. The SMILES string of the molecule is CCOC(=O)CCNC(=O)C(c1ccccc1)N(C)C(=O)C(C)NC(=O)OC(C)(C)C. The minimum Gasteiger partial charge on any atom is -0.466 e. The maximum Gasteiger partial charge on any atom is 0.408 e. The van der Waals surface area contributed by atoms with E-state index in [2.05, 4.69) is 10.6 Å². The van der Waals surface area contributed by atoms with E-state index in [1.54, 1.807) is 58.0 Å². The van der Waals surface area contributed by atoms with Crippen molar-refractivity contribution in [2.75, 3.05) is 20.2 Å². The normalized spacial score (nSPS) is 12.8. The highest BCUT2D eigenvalue weighted by atomic mass is 16.6. The van der Waals surface area contributed by atoms with Crippen LogP contribution in [0, 0.1) is 0 Å². The third-order valence-corrected chi connectivity index (χ3v) is 4.14. The molecule has 0 saturated carbocycles. The van der Waals surface area contributed by atoms with E-state index < -0.39 is 41.6 Å². The number of hydrogen-bond donors (Lipinski definition) is 2. The minimum atomic E-state index is -0.946. The Morgan fingerprint density at radius 1 is 1.10 bits per heavy atom. The number of nitrogens with zero attached hydrogens (tertiary/aromatic N) is 1. The van der Waals surface area contributed by atoms with Crippen LogP contribution in [0.3, 0.4) is 0 Å². The molecule has 2 unspecified atom stereocenters. The van der Waals surface area contributed by atoms with Crippen LogP contribution in [0.2, 0.25) is 0 Å². The second-order valence-corrected chi connectivity index (χ2v) is 7.98. The number of carbonyl (C=O) groups is 4. The van der Waals surface area contributed by atoms with Gasteiger partial charge in [0.05, 0.1) is 13.0 Å². The number of rotatable bonds is 9. The van der Waals surface area contributed by atoms with E-state index in [0.29, 0.717) is 5.56 Å². The van der Waals surface area contributed by atoms with Gasteiger partial charge in [0.15, 0.2) is 0 Å². The fraction of sp³-hybridized carbons (Fsp3) is 0.545. The van der Waals surface area contributed by atoms with Crippen LogP contribution in [0.5, 0.6) is 0 Å². The molecule has 0 bridgehead atoms. The van der Waals surface area contributed by atoms with Crippen LogP contribution in [-0.4, -0.2) is 60.6 Å². The lowest BCUT2D eigenvalue weighted by Gasteiger charge is -2.30. The molecule has 0 radical (unpaired) electrons. The fourth-order valence-electron chi connectivity index (χ4n) is 2.78. The van der Waals surface area contributed by atoms with Gasteiger partial charge in [-0.15, -0.1) is 0 Å². The molecule has 0 aromatic heterocycles. The van der Waals surface area contributed by atoms with Crippen molar-refractivity contribution >= 4 is 23.9 Å². The first-order valence-corrected chi connectivity index (χ1v) is 10.2. The summed E-state index contributed by atoms with van der Waals surface area (Å²) in [7, 11) is 1.48. The van der Waals surface area contributed by atoms with Gasteiger partial charge in [0.2, 0.25) is 11.8 Å². The summed E-state index contributed by atoms with van der Waals surface area (Å²) < 4.78 is 10.0. The van der Waals surface area contributed by atoms with E-state index in [1.165, 1.54) is 18.9 Å². The van der Waals surface area contributed by atoms with Crippen molar-refractivity contribution in [1.82, 2.24) is 15.5 Å². The van der Waals surface area contributed by atoms with E-state index >= 15 is 0 Å². The van der Waals surface area contributed by atoms with E-state index in [4.69, 9.17) is 9.47 Å². The molecule has 1 rings (SSSR count). The van der Waals surface area contributed by atoms with Gasteiger partial charge in [0, 0.05) is 13.6 Å². The maximum atomic E-state index is 12.9. The van der Waals surface area contributed by atoms with Crippen LogP contribution in [-0.2, 0) is 23.9 Å². The van der Waals surface area contributed by atoms with Crippen LogP contribution in [0.25, 0.3) is 0 Å². The Morgan fingerprint density at radius 3 is 2.26 bits per heavy atom. The monoisotopic (exact) mass is 435 g/mol. The molecule has 2 N–H and O–H groups in total. The molecule has 3 amide bonds. The third kappa shape index (κ3) is 9.06. The van der Waals surface area contributed by atoms with Gasteiger partial charge < -0.3 is 25.0 Å². The number of alkyl carbamates (subject to hydrolysis) is 1. The zero-order valence-corrected chi connectivity index (χ0v) is 19.1. The van der Waals surface area contributed by atoms with Crippen molar-refractivity contribution in [2.24, 2.45) is 0 Å². The zero-order chi connectivity index (χ0) is 23.6. The number of benzene rings is 1. The highest BCUT2D eigenvalue weighted by Crippen LogP contribution is 2.20. The van der Waals surface area contributed by atoms with Crippen molar-refractivity contribution in [3.05, 3.63) is 35.9 Å². The molecule has 0 fully saturated rings. The number of ether oxygens (including phenoxy) is 2. The highest BCUT2D eigenvalue weighted by molar-refractivity contribution is 5.91. The summed E-state index contributed by atoms with van der Waals surface area (Å²) in [4.78, 5) is 50.6. The van der Waals surface area contributed by atoms with Crippen LogP contribution in [0.4, 0.5) is 4.79 Å². The Bertz CT molecular complexity index is 760. The lowest BCUT2D eigenvalue weighted by Crippen LogP contribution is -2.50. The first-order chi connectivity index (χ1) is 14.5. The van der Waals surface area contributed by atoms with Crippen molar-refractivity contribution < 1.29 is 28.7 Å². The predicted octanol–water partition coefficient (Wildman–Crippen LogP) is 2.17. The van der Waals surface area contributed by atoms with Crippen molar-refractivity contribution in [1.29, 1.82) is 0 Å². The van der Waals surface area contributed by atoms with Crippen LogP contribution in [0.15, 0.2) is 30.3 Å². The van der Waals surface area contributed by atoms with Gasteiger partial charge in [-0.2, -0.15) is 0 Å². The van der Waals surface area contributed by atoms with E-state index in [1.807, 2.05) is 0 Å². The van der Waals surface area contributed by atoms with Crippen LogP contribution < -0.4 is 10.6 Å². The van der Waals surface area contributed by atoms with Gasteiger partial charge in [-0.05, 0) is 40.2 Å². The first-order valence-electron chi connectivity index (χ1n) is 10.2. The number of carbonyl (C=O) groups excluding carboxylic acids is 4. The molecule has 0 aliphatic rings. The molecule has 0 aliphatic heterocycles. The standard InChI is InChI=1S/C22H33N3O6/c1-7-30-17(26)13-14-23-19(27)18(16-11-9-8-10-12-16)25(6)20(28)15(2)24-21(29)31-22(3,4)5/h8-12,15,18H,7,13-14H2,1-6H3,(H,23,27)(H,24,29). The largest absolute Gasteiger partial charge is 0.466 e. The second-order valence-electron chi connectivity index (χ2n) is 7.98. The number of esters is 1. The Labute approximate surface area is 183 Å². The summed E-state index contributed by atoms with van der Waals surface area (Å²) in [5.74, 6) is -1.34. The molecule has 0 aliphatic carbocycles. The molecule has 172 valence electrons. The van der Waals surface area contributed by atoms with Gasteiger partial charge in [-0.3, -0.25) is 14.4 Å². The summed E-state index contributed by atoms with van der Waals surface area (Å²) in [6.45, 7) is 8.72. The zero-order valence-electron chi connectivity index (χ0n) is 19.1. The molecule has 9 nitrogen and oxygen atoms in total. The smallest absolute Gasteiger partial charge is 0.408 e. The van der Waals surface area contributed by atoms with Gasteiger partial charge in [0.1, 0.15) is 17.7 Å². The summed E-state index contributed by atoms with van der Waals surface area (Å²) >= 11 is 0. The Morgan fingerprint density at radius 2 is 1.71 bits per heavy atom. The average Bonchev–Trinajstić information content (AvgIpc) is 2.67. The molecule has 1 aromatic rings. The summed E-state index contributed by atoms with van der Waals surface area (Å²) in [5.41, 5.74) is -0.110. The second kappa shape index (κ2) is 11.9. The Hall–Kier alpha value is -3.10. The molecular weight excluding hydrogens is 402 g/mol. The van der Waals surface area contributed by atoms with Gasteiger partial charge >= 0.3 is 12.1 Å². The summed E-state index contributed by atoms with van der Waals surface area (Å²) in [6, 6.07) is 6.91. The summed E-state index contributed by atoms with van der Waals surface area (Å²) in [6.07, 6.45) is -0.702. The minimum absolute atomic E-state index is 0.0232. The Kier molecular flexibility index (Phi) is 9.98. The quantitative estimate of drug-likeness (QED) is 0.575. The Balaban J connectivity index is 2.90. The average molecular weight is 436 g/mol. The topological polar surface area (TPSA) is 114 Å². The lowest BCUT2D eigenvalue weighted by atomic mass is 10.0. The van der Waals surface area contributed by atoms with Crippen LogP contribution >= 0.6 is 0 Å². The van der Waals surface area contributed by atoms with Gasteiger partial charge in [-0.1, -0.05) is 30.3 Å². The van der Waals surface area contributed by atoms with E-state index in [0.717, 1.165) is 0 Å². The third-order valence-electron chi connectivity index (χ3n) is 4.14. The maximum absolute atomic E-state index is 12.9. The molecule has 0 heterocycles. The highest BCUT2D eigenvalue weighted by Gasteiger charge is 2.32. The molecule has 1 aromatic carbocycles. The lowest BCUT2D eigenvalue weighted by molar-refractivity contribution is -0.143. The van der Waals surface area contributed by atoms with Crippen molar-refractivity contribution in [2.45, 2.75) is 58.7 Å². The van der Waals surface area contributed by atoms with Crippen molar-refractivity contribution in [3.8, 4) is 0 Å². The number of hydrogen-bond acceptors (Lipinski definition) is 6. The van der Waals surface area contributed by atoms with E-state index in [-0.39, 0.29) is 19.6 Å². The first kappa shape index (κ1) is 25.9. The molecular formula is C22H33N3O6. The fourth-order valence-corrected chi connectivity index (χ4v) is 2.78. The van der Waals surface area contributed by atoms with Crippen molar-refractivity contribution in [3.63, 3.8) is 0 Å². The number of amides is 3. The van der Waals surface area contributed by atoms with E-state index in [9.17, 15) is 19.2 Å². The molecule has 9 heteroatoms. The number of likely N-dealkylation sites (N-methyl/N-ethyl adjacent to an activating group) is 1. The van der Waals surface area contributed by atoms with Crippen LogP contribution in [0.1, 0.15) is 52.6 Å². The molecule has 31 heavy (non-hydrogen) atoms. The predicted molar refractivity (Wildman–Crippen MR) is 115 cm³/mol. The van der Waals surface area contributed by atoms with Gasteiger partial charge in [-0.25, -0.2) is 4.79 Å². The summed E-state index contributed by atoms with van der Waals surface area (Å²) in [5, 5.41) is 5.16. The number of nitrogens with one attached hydrogen (secondary N) is 2.